The number of phenolic OH excluding ortho intramolecular Hbond substituents is 1. The third-order valence-corrected chi connectivity index (χ3v) is 6.71. The first kappa shape index (κ1) is 37.3. The molecule has 0 saturated carbocycles. The normalized spacial score (nSPS) is 16.3. The lowest BCUT2D eigenvalue weighted by atomic mass is 10.1. The second-order valence-electron chi connectivity index (χ2n) is 10.2. The van der Waals surface area contributed by atoms with Crippen molar-refractivity contribution in [3.05, 3.63) is 29.8 Å². The number of ether oxygens (including phenoxy) is 1. The number of hydroxylamine groups is 4. The molecule has 1 saturated heterocycles. The number of nitrogens with one attached hydrogen (secondary N) is 4. The Bertz CT molecular complexity index is 1250. The maximum absolute atomic E-state index is 12.9. The van der Waals surface area contributed by atoms with Gasteiger partial charge in [-0.05, 0) is 37.8 Å². The summed E-state index contributed by atoms with van der Waals surface area (Å²) in [6.07, 6.45) is 0.611. The van der Waals surface area contributed by atoms with E-state index in [1.165, 1.54) is 24.3 Å². The van der Waals surface area contributed by atoms with Crippen LogP contribution in [0.25, 0.3) is 0 Å². The molecule has 0 spiro atoms. The molecule has 10 N–H and O–H groups in total. The highest BCUT2D eigenvalue weighted by Gasteiger charge is 2.30. The standard InChI is InChI=1S/C27H39N7O12/c28-17(14-46-27(43)16-5-1-2-8-21(16)37)23(39)32-20(13-35)25(41)31-18(6-3-11-33(44)15-36)24(40)29-10-9-22(38)30-19-7-4-12-34(45)26(19)42/h1-2,5,8,15,17-20,35,37,44-45H,3-4,6-7,9-14,28H2,(H,29,40)(H,30,38)(H,31,41)(H,32,39). The van der Waals surface area contributed by atoms with Gasteiger partial charge in [0.05, 0.1) is 6.61 Å². The van der Waals surface area contributed by atoms with E-state index >= 15 is 0 Å². The smallest absolute Gasteiger partial charge is 0.341 e. The van der Waals surface area contributed by atoms with E-state index in [1.54, 1.807) is 0 Å². The van der Waals surface area contributed by atoms with Gasteiger partial charge in [0.15, 0.2) is 0 Å². The van der Waals surface area contributed by atoms with Gasteiger partial charge in [0.1, 0.15) is 42.1 Å². The van der Waals surface area contributed by atoms with Crippen LogP contribution in [-0.2, 0) is 33.5 Å². The summed E-state index contributed by atoms with van der Waals surface area (Å²) >= 11 is 0. The molecule has 1 fully saturated rings. The Morgan fingerprint density at radius 3 is 2.48 bits per heavy atom. The molecule has 0 bridgehead atoms. The number of nitrogens with zero attached hydrogens (tertiary/aromatic N) is 2. The van der Waals surface area contributed by atoms with Crippen molar-refractivity contribution < 1.29 is 58.9 Å². The van der Waals surface area contributed by atoms with E-state index in [0.29, 0.717) is 23.0 Å². The van der Waals surface area contributed by atoms with Gasteiger partial charge in [-0.3, -0.25) is 39.2 Å². The number of hydrogen-bond donors (Lipinski definition) is 9. The highest BCUT2D eigenvalue weighted by atomic mass is 16.5. The first-order valence-electron chi connectivity index (χ1n) is 14.3. The average Bonchev–Trinajstić information content (AvgIpc) is 3.03. The Morgan fingerprint density at radius 2 is 1.80 bits per heavy atom. The number of phenols is 1. The lowest BCUT2D eigenvalue weighted by Gasteiger charge is -2.27. The average molecular weight is 654 g/mol. The van der Waals surface area contributed by atoms with Crippen molar-refractivity contribution in [1.82, 2.24) is 31.4 Å². The van der Waals surface area contributed by atoms with Gasteiger partial charge in [0.2, 0.25) is 30.0 Å². The van der Waals surface area contributed by atoms with Crippen LogP contribution in [0.2, 0.25) is 0 Å². The van der Waals surface area contributed by atoms with Gasteiger partial charge in [-0.25, -0.2) is 14.9 Å². The van der Waals surface area contributed by atoms with E-state index in [9.17, 15) is 54.2 Å². The van der Waals surface area contributed by atoms with Crippen LogP contribution in [-0.4, -0.2) is 130 Å². The molecular weight excluding hydrogens is 614 g/mol. The number of carbonyl (C=O) groups is 7. The van der Waals surface area contributed by atoms with Gasteiger partial charge in [0, 0.05) is 26.1 Å². The molecule has 1 aliphatic rings. The summed E-state index contributed by atoms with van der Waals surface area (Å²) in [5, 5.41) is 48.6. The Labute approximate surface area is 262 Å². The van der Waals surface area contributed by atoms with E-state index in [1.807, 2.05) is 0 Å². The first-order chi connectivity index (χ1) is 21.9. The summed E-state index contributed by atoms with van der Waals surface area (Å²) in [6, 6.07) is 0.215. The maximum atomic E-state index is 12.9. The number of aromatic hydroxyl groups is 1. The number of hydrogen-bond acceptors (Lipinski definition) is 13. The molecule has 4 atom stereocenters. The summed E-state index contributed by atoms with van der Waals surface area (Å²) in [7, 11) is 0. The largest absolute Gasteiger partial charge is 0.507 e. The summed E-state index contributed by atoms with van der Waals surface area (Å²) in [5.74, 6) is -5.32. The molecule has 6 amide bonds. The quantitative estimate of drug-likeness (QED) is 0.0322. The summed E-state index contributed by atoms with van der Waals surface area (Å²) < 4.78 is 4.93. The third kappa shape index (κ3) is 11.9. The van der Waals surface area contributed by atoms with E-state index < -0.39 is 72.9 Å². The van der Waals surface area contributed by atoms with Gasteiger partial charge in [-0.1, -0.05) is 12.1 Å². The summed E-state index contributed by atoms with van der Waals surface area (Å²) in [4.78, 5) is 85.3. The second-order valence-corrected chi connectivity index (χ2v) is 10.2. The molecule has 19 heteroatoms. The van der Waals surface area contributed by atoms with Gasteiger partial charge in [-0.2, -0.15) is 0 Å². The Kier molecular flexibility index (Phi) is 15.3. The number of nitrogens with two attached hydrogens (primary N) is 1. The molecule has 4 unspecified atom stereocenters. The highest BCUT2D eigenvalue weighted by molar-refractivity contribution is 5.94. The Hall–Kier alpha value is -4.85. The zero-order valence-corrected chi connectivity index (χ0v) is 24.8. The molecular formula is C27H39N7O12. The van der Waals surface area contributed by atoms with E-state index in [-0.39, 0.29) is 56.6 Å². The predicted octanol–water partition coefficient (Wildman–Crippen LogP) is -3.53. The number of para-hydroxylation sites is 1. The zero-order valence-electron chi connectivity index (χ0n) is 24.8. The van der Waals surface area contributed by atoms with Crippen molar-refractivity contribution >= 4 is 41.9 Å². The van der Waals surface area contributed by atoms with Gasteiger partial charge in [-0.15, -0.1) is 0 Å². The lowest BCUT2D eigenvalue weighted by molar-refractivity contribution is -0.173. The Morgan fingerprint density at radius 1 is 1.11 bits per heavy atom. The van der Waals surface area contributed by atoms with E-state index in [2.05, 4.69) is 21.3 Å². The van der Waals surface area contributed by atoms with E-state index in [4.69, 9.17) is 10.5 Å². The highest BCUT2D eigenvalue weighted by Crippen LogP contribution is 2.16. The predicted molar refractivity (Wildman–Crippen MR) is 153 cm³/mol. The van der Waals surface area contributed by atoms with Gasteiger partial charge >= 0.3 is 5.97 Å². The molecule has 1 aromatic carbocycles. The molecule has 254 valence electrons. The fraction of sp³-hybridized carbons (Fsp3) is 0.519. The number of aliphatic hydroxyl groups is 1. The fourth-order valence-corrected chi connectivity index (χ4v) is 4.17. The molecule has 1 aliphatic heterocycles. The van der Waals surface area contributed by atoms with Crippen molar-refractivity contribution in [1.29, 1.82) is 0 Å². The molecule has 46 heavy (non-hydrogen) atoms. The number of carbonyl (C=O) groups excluding carboxylic acids is 7. The van der Waals surface area contributed by atoms with Crippen LogP contribution in [0.1, 0.15) is 42.5 Å². The molecule has 2 rings (SSSR count). The fourth-order valence-electron chi connectivity index (χ4n) is 4.17. The number of aliphatic hydroxyl groups excluding tert-OH is 1. The van der Waals surface area contributed by atoms with Crippen molar-refractivity contribution in [3.8, 4) is 5.75 Å². The number of esters is 1. The number of piperidine rings is 1. The van der Waals surface area contributed by atoms with Gasteiger partial charge < -0.3 is 42.0 Å². The zero-order chi connectivity index (χ0) is 34.2. The number of amides is 6. The SMILES string of the molecule is NC(COC(=O)c1ccccc1O)C(=O)NC(CO)C(=O)NC(CCCN(O)C=O)C(=O)NCCC(=O)NC1CCCN(O)C1=O. The number of rotatable bonds is 18. The van der Waals surface area contributed by atoms with Gasteiger partial charge in [0.25, 0.3) is 5.91 Å². The summed E-state index contributed by atoms with van der Waals surface area (Å²) in [5.41, 5.74) is 5.58. The Balaban J connectivity index is 1.92. The van der Waals surface area contributed by atoms with Crippen molar-refractivity contribution in [2.45, 2.75) is 56.3 Å². The van der Waals surface area contributed by atoms with E-state index in [0.717, 1.165) is 0 Å². The van der Waals surface area contributed by atoms with Crippen LogP contribution < -0.4 is 27.0 Å². The first-order valence-corrected chi connectivity index (χ1v) is 14.3. The number of benzene rings is 1. The molecule has 1 heterocycles. The van der Waals surface area contributed by atoms with Crippen LogP contribution in [0.15, 0.2) is 24.3 Å². The topological polar surface area (TPSA) is 290 Å². The molecule has 1 aromatic rings. The van der Waals surface area contributed by atoms with Crippen LogP contribution in [0.5, 0.6) is 5.75 Å². The maximum Gasteiger partial charge on any atom is 0.341 e. The minimum atomic E-state index is -1.60. The minimum absolute atomic E-state index is 0.0267. The third-order valence-electron chi connectivity index (χ3n) is 6.71. The second kappa shape index (κ2) is 18.8. The summed E-state index contributed by atoms with van der Waals surface area (Å²) in [6.45, 7) is -1.82. The van der Waals surface area contributed by atoms with Crippen molar-refractivity contribution in [2.75, 3.05) is 32.8 Å². The van der Waals surface area contributed by atoms with Crippen LogP contribution in [0, 0.1) is 0 Å². The molecule has 0 aromatic heterocycles. The monoisotopic (exact) mass is 653 g/mol. The van der Waals surface area contributed by atoms with Crippen molar-refractivity contribution in [2.24, 2.45) is 5.73 Å². The van der Waals surface area contributed by atoms with Crippen LogP contribution in [0.4, 0.5) is 0 Å². The lowest BCUT2D eigenvalue weighted by Crippen LogP contribution is -2.57. The molecule has 0 aliphatic carbocycles. The van der Waals surface area contributed by atoms with Crippen LogP contribution in [0.3, 0.4) is 0 Å². The minimum Gasteiger partial charge on any atom is -0.507 e. The molecule has 19 nitrogen and oxygen atoms in total. The van der Waals surface area contributed by atoms with Crippen LogP contribution >= 0.6 is 0 Å². The molecule has 0 radical (unpaired) electrons. The van der Waals surface area contributed by atoms with Crippen molar-refractivity contribution in [3.63, 3.8) is 0 Å².